The second-order valence-corrected chi connectivity index (χ2v) is 4.44. The zero-order chi connectivity index (χ0) is 13.8. The van der Waals surface area contributed by atoms with Crippen molar-refractivity contribution in [3.8, 4) is 0 Å². The molecule has 2 N–H and O–H groups in total. The van der Waals surface area contributed by atoms with Crippen LogP contribution in [0.5, 0.6) is 0 Å². The summed E-state index contributed by atoms with van der Waals surface area (Å²) in [6.07, 6.45) is 2.66. The number of rotatable bonds is 9. The van der Waals surface area contributed by atoms with Gasteiger partial charge < -0.3 is 20.1 Å². The third-order valence-electron chi connectivity index (χ3n) is 2.76. The minimum absolute atomic E-state index is 0. The molecule has 0 aromatic heterocycles. The smallest absolute Gasteiger partial charge is 0.191 e. The van der Waals surface area contributed by atoms with Crippen molar-refractivity contribution in [3.05, 3.63) is 0 Å². The van der Waals surface area contributed by atoms with E-state index in [1.807, 2.05) is 6.92 Å². The number of hydrogen-bond acceptors (Lipinski definition) is 3. The van der Waals surface area contributed by atoms with E-state index in [1.54, 1.807) is 0 Å². The highest BCUT2D eigenvalue weighted by Gasteiger charge is 2.15. The maximum atomic E-state index is 12.0. The van der Waals surface area contributed by atoms with E-state index in [1.165, 1.54) is 0 Å². The minimum atomic E-state index is -0.319. The molecule has 120 valence electrons. The molecular weight excluding hydrogens is 376 g/mol. The molecule has 1 saturated heterocycles. The number of aliphatic imine (C=N–C) groups is 1. The third-order valence-corrected chi connectivity index (χ3v) is 2.76. The second-order valence-electron chi connectivity index (χ2n) is 4.44. The lowest BCUT2D eigenvalue weighted by atomic mass is 10.3. The predicted octanol–water partition coefficient (Wildman–Crippen LogP) is 1.71. The summed E-state index contributed by atoms with van der Waals surface area (Å²) in [5.74, 6) is 0.750. The lowest BCUT2D eigenvalue weighted by molar-refractivity contribution is 0.0420. The van der Waals surface area contributed by atoms with Gasteiger partial charge in [-0.2, -0.15) is 0 Å². The molecule has 0 aromatic carbocycles. The predicted molar refractivity (Wildman–Crippen MR) is 89.8 cm³/mol. The Balaban J connectivity index is 0.00000361. The summed E-state index contributed by atoms with van der Waals surface area (Å²) in [4.78, 5) is 4.27. The Kier molecular flexibility index (Phi) is 13.7. The highest BCUT2D eigenvalue weighted by atomic mass is 127. The van der Waals surface area contributed by atoms with Gasteiger partial charge in [0.25, 0.3) is 0 Å². The summed E-state index contributed by atoms with van der Waals surface area (Å²) in [6.45, 7) is 6.07. The number of ether oxygens (including phenoxy) is 2. The van der Waals surface area contributed by atoms with Crippen LogP contribution in [0.4, 0.5) is 4.39 Å². The van der Waals surface area contributed by atoms with Gasteiger partial charge in [-0.25, -0.2) is 0 Å². The van der Waals surface area contributed by atoms with Gasteiger partial charge in [0.15, 0.2) is 5.96 Å². The number of halogens is 2. The molecule has 0 bridgehead atoms. The van der Waals surface area contributed by atoms with E-state index in [0.29, 0.717) is 13.0 Å². The van der Waals surface area contributed by atoms with Crippen molar-refractivity contribution in [2.75, 3.05) is 46.1 Å². The Morgan fingerprint density at radius 2 is 2.25 bits per heavy atom. The molecule has 1 aliphatic rings. The molecule has 1 fully saturated rings. The van der Waals surface area contributed by atoms with Crippen molar-refractivity contribution in [1.29, 1.82) is 0 Å². The lowest BCUT2D eigenvalue weighted by Crippen LogP contribution is -2.38. The molecule has 20 heavy (non-hydrogen) atoms. The molecular formula is C13H27FIN3O2. The number of nitrogens with zero attached hydrogens (tertiary/aromatic N) is 1. The second kappa shape index (κ2) is 13.8. The third kappa shape index (κ3) is 9.71. The first-order valence-electron chi connectivity index (χ1n) is 7.14. The van der Waals surface area contributed by atoms with E-state index in [2.05, 4.69) is 15.6 Å². The van der Waals surface area contributed by atoms with Crippen molar-refractivity contribution in [1.82, 2.24) is 10.6 Å². The Bertz CT molecular complexity index is 252. The van der Waals surface area contributed by atoms with Gasteiger partial charge in [0.1, 0.15) is 0 Å². The van der Waals surface area contributed by atoms with E-state index >= 15 is 0 Å². The monoisotopic (exact) mass is 403 g/mol. The molecule has 0 spiro atoms. The number of hydrogen-bond donors (Lipinski definition) is 2. The van der Waals surface area contributed by atoms with Crippen LogP contribution in [0.2, 0.25) is 0 Å². The van der Waals surface area contributed by atoms with Crippen molar-refractivity contribution >= 4 is 29.9 Å². The Labute approximate surface area is 138 Å². The van der Waals surface area contributed by atoms with Crippen molar-refractivity contribution in [2.45, 2.75) is 32.3 Å². The largest absolute Gasteiger partial charge is 0.379 e. The van der Waals surface area contributed by atoms with Gasteiger partial charge in [0.2, 0.25) is 0 Å². The molecule has 0 aliphatic carbocycles. The highest BCUT2D eigenvalue weighted by Crippen LogP contribution is 2.07. The van der Waals surface area contributed by atoms with Gasteiger partial charge in [-0.1, -0.05) is 0 Å². The zero-order valence-corrected chi connectivity index (χ0v) is 14.5. The Morgan fingerprint density at radius 1 is 1.40 bits per heavy atom. The van der Waals surface area contributed by atoms with Crippen molar-refractivity contribution in [2.24, 2.45) is 4.99 Å². The van der Waals surface area contributed by atoms with Crippen LogP contribution in [-0.4, -0.2) is 58.2 Å². The SMILES string of the molecule is CCNC(=NCCCF)NCCCOC1CCOC1.I. The van der Waals surface area contributed by atoms with Gasteiger partial charge in [0, 0.05) is 32.8 Å². The average molecular weight is 403 g/mol. The molecule has 7 heteroatoms. The number of guanidine groups is 1. The van der Waals surface area contributed by atoms with E-state index in [9.17, 15) is 4.39 Å². The topological polar surface area (TPSA) is 54.9 Å². The van der Waals surface area contributed by atoms with Crippen LogP contribution in [0.1, 0.15) is 26.2 Å². The molecule has 1 atom stereocenters. The zero-order valence-electron chi connectivity index (χ0n) is 12.2. The summed E-state index contributed by atoms with van der Waals surface area (Å²) >= 11 is 0. The van der Waals surface area contributed by atoms with Crippen LogP contribution in [0.3, 0.4) is 0 Å². The minimum Gasteiger partial charge on any atom is -0.379 e. The fraction of sp³-hybridized carbons (Fsp3) is 0.923. The molecule has 0 amide bonds. The summed E-state index contributed by atoms with van der Waals surface area (Å²) in [5.41, 5.74) is 0. The van der Waals surface area contributed by atoms with E-state index in [4.69, 9.17) is 9.47 Å². The molecule has 1 heterocycles. The maximum Gasteiger partial charge on any atom is 0.191 e. The molecule has 1 unspecified atom stereocenters. The molecule has 0 saturated carbocycles. The summed E-state index contributed by atoms with van der Waals surface area (Å²) < 4.78 is 22.9. The van der Waals surface area contributed by atoms with Crippen LogP contribution in [0.15, 0.2) is 4.99 Å². The Morgan fingerprint density at radius 3 is 2.90 bits per heavy atom. The fourth-order valence-corrected chi connectivity index (χ4v) is 1.77. The van der Waals surface area contributed by atoms with Crippen molar-refractivity contribution in [3.63, 3.8) is 0 Å². The summed E-state index contributed by atoms with van der Waals surface area (Å²) in [6, 6.07) is 0. The summed E-state index contributed by atoms with van der Waals surface area (Å²) in [5, 5.41) is 6.34. The van der Waals surface area contributed by atoms with E-state index < -0.39 is 0 Å². The fourth-order valence-electron chi connectivity index (χ4n) is 1.77. The quantitative estimate of drug-likeness (QED) is 0.267. The maximum absolute atomic E-state index is 12.0. The molecule has 5 nitrogen and oxygen atoms in total. The standard InChI is InChI=1S/C13H26FN3O2.HI/c1-2-15-13(16-7-3-6-14)17-8-4-9-19-12-5-10-18-11-12;/h12H,2-11H2,1H3,(H2,15,16,17);1H. The number of alkyl halides is 1. The van der Waals surface area contributed by atoms with Gasteiger partial charge in [-0.05, 0) is 26.2 Å². The summed E-state index contributed by atoms with van der Waals surface area (Å²) in [7, 11) is 0. The van der Waals surface area contributed by atoms with Crippen LogP contribution in [0.25, 0.3) is 0 Å². The van der Waals surface area contributed by atoms with Crippen LogP contribution < -0.4 is 10.6 Å². The molecule has 0 aromatic rings. The normalized spacial score (nSPS) is 18.7. The van der Waals surface area contributed by atoms with E-state index in [0.717, 1.165) is 51.7 Å². The Hall–Kier alpha value is -0.150. The van der Waals surface area contributed by atoms with Gasteiger partial charge in [-0.15, -0.1) is 24.0 Å². The molecule has 0 radical (unpaired) electrons. The van der Waals surface area contributed by atoms with Crippen LogP contribution in [0, 0.1) is 0 Å². The van der Waals surface area contributed by atoms with Crippen molar-refractivity contribution < 1.29 is 13.9 Å². The lowest BCUT2D eigenvalue weighted by Gasteiger charge is -2.12. The van der Waals surface area contributed by atoms with Gasteiger partial charge >= 0.3 is 0 Å². The first kappa shape index (κ1) is 19.9. The van der Waals surface area contributed by atoms with Gasteiger partial charge in [-0.3, -0.25) is 9.38 Å². The first-order valence-corrected chi connectivity index (χ1v) is 7.14. The van der Waals surface area contributed by atoms with Gasteiger partial charge in [0.05, 0.1) is 19.4 Å². The van der Waals surface area contributed by atoms with E-state index in [-0.39, 0.29) is 36.8 Å². The molecule has 1 aliphatic heterocycles. The highest BCUT2D eigenvalue weighted by molar-refractivity contribution is 14.0. The number of nitrogens with one attached hydrogen (secondary N) is 2. The van der Waals surface area contributed by atoms with Crippen LogP contribution >= 0.6 is 24.0 Å². The molecule has 1 rings (SSSR count). The average Bonchev–Trinajstić information content (AvgIpc) is 2.91. The van der Waals surface area contributed by atoms with Crippen LogP contribution in [-0.2, 0) is 9.47 Å². The first-order chi connectivity index (χ1) is 9.36.